The largest absolute Gasteiger partial charge is 0.489 e. The molecule has 24 heavy (non-hydrogen) atoms. The first-order valence-corrected chi connectivity index (χ1v) is 9.84. The number of halogens is 2. The van der Waals surface area contributed by atoms with Crippen LogP contribution in [-0.2, 0) is 0 Å². The highest BCUT2D eigenvalue weighted by Gasteiger charge is 2.17. The minimum atomic E-state index is 0.670. The number of rotatable bonds is 6. The van der Waals surface area contributed by atoms with E-state index in [0.717, 1.165) is 44.1 Å². The lowest BCUT2D eigenvalue weighted by atomic mass is 10.00. The number of ether oxygens (including phenoxy) is 2. The zero-order valence-electron chi connectivity index (χ0n) is 13.9. The summed E-state index contributed by atoms with van der Waals surface area (Å²) in [5, 5.41) is 4.52. The summed E-state index contributed by atoms with van der Waals surface area (Å²) in [6, 6.07) is 12.6. The SMILES string of the molecule is CCCOc1c(OCCC)c2cc(Br)ccc2c2ccc(Br)cc12. The number of hydrogen-bond donors (Lipinski definition) is 0. The Morgan fingerprint density at radius 3 is 1.46 bits per heavy atom. The van der Waals surface area contributed by atoms with Crippen LogP contribution in [0.5, 0.6) is 11.5 Å². The standard InChI is InChI=1S/C20H20Br2O2/c1-3-9-23-19-17-11-13(21)5-7-15(17)16-8-6-14(22)12-18(16)20(19)24-10-4-2/h5-8,11-12H,3-4,9-10H2,1-2H3. The molecule has 2 nitrogen and oxygen atoms in total. The van der Waals surface area contributed by atoms with E-state index in [4.69, 9.17) is 9.47 Å². The van der Waals surface area contributed by atoms with E-state index in [1.165, 1.54) is 10.8 Å². The minimum absolute atomic E-state index is 0.670. The van der Waals surface area contributed by atoms with Gasteiger partial charge in [-0.15, -0.1) is 0 Å². The second-order valence-electron chi connectivity index (χ2n) is 5.73. The van der Waals surface area contributed by atoms with E-state index in [0.29, 0.717) is 13.2 Å². The Hall–Kier alpha value is -1.26. The van der Waals surface area contributed by atoms with Crippen LogP contribution in [0.25, 0.3) is 21.5 Å². The Morgan fingerprint density at radius 1 is 0.667 bits per heavy atom. The first-order valence-electron chi connectivity index (χ1n) is 8.25. The van der Waals surface area contributed by atoms with E-state index >= 15 is 0 Å². The number of fused-ring (bicyclic) bond motifs is 3. The second-order valence-corrected chi connectivity index (χ2v) is 7.57. The molecule has 0 aliphatic carbocycles. The molecule has 0 aliphatic heterocycles. The highest BCUT2D eigenvalue weighted by atomic mass is 79.9. The van der Waals surface area contributed by atoms with Crippen molar-refractivity contribution in [2.45, 2.75) is 26.7 Å². The van der Waals surface area contributed by atoms with Crippen molar-refractivity contribution in [2.75, 3.05) is 13.2 Å². The lowest BCUT2D eigenvalue weighted by Crippen LogP contribution is -2.03. The molecule has 126 valence electrons. The van der Waals surface area contributed by atoms with E-state index in [1.54, 1.807) is 0 Å². The molecule has 0 amide bonds. The van der Waals surface area contributed by atoms with Gasteiger partial charge in [0, 0.05) is 19.7 Å². The summed E-state index contributed by atoms with van der Waals surface area (Å²) in [6.07, 6.45) is 1.92. The van der Waals surface area contributed by atoms with E-state index < -0.39 is 0 Å². The predicted molar refractivity (Wildman–Crippen MR) is 108 cm³/mol. The van der Waals surface area contributed by atoms with Gasteiger partial charge < -0.3 is 9.47 Å². The smallest absolute Gasteiger partial charge is 0.169 e. The van der Waals surface area contributed by atoms with Crippen LogP contribution in [0.4, 0.5) is 0 Å². The van der Waals surface area contributed by atoms with E-state index in [9.17, 15) is 0 Å². The summed E-state index contributed by atoms with van der Waals surface area (Å²) < 4.78 is 14.3. The molecule has 3 aromatic rings. The Morgan fingerprint density at radius 2 is 1.08 bits per heavy atom. The fourth-order valence-electron chi connectivity index (χ4n) is 2.82. The average molecular weight is 452 g/mol. The van der Waals surface area contributed by atoms with Gasteiger partial charge in [0.1, 0.15) is 0 Å². The van der Waals surface area contributed by atoms with Crippen LogP contribution < -0.4 is 9.47 Å². The molecule has 0 N–H and O–H groups in total. The lowest BCUT2D eigenvalue weighted by molar-refractivity contribution is 0.274. The third-order valence-electron chi connectivity index (χ3n) is 3.85. The van der Waals surface area contributed by atoms with Crippen molar-refractivity contribution in [3.63, 3.8) is 0 Å². The highest BCUT2D eigenvalue weighted by Crippen LogP contribution is 2.45. The quantitative estimate of drug-likeness (QED) is 0.372. The molecule has 4 heteroatoms. The summed E-state index contributed by atoms with van der Waals surface area (Å²) in [4.78, 5) is 0. The molecular weight excluding hydrogens is 432 g/mol. The van der Waals surface area contributed by atoms with Gasteiger partial charge in [0.05, 0.1) is 13.2 Å². The second kappa shape index (κ2) is 7.75. The van der Waals surface area contributed by atoms with Gasteiger partial charge in [0.2, 0.25) is 0 Å². The molecular formula is C20H20Br2O2. The molecule has 3 rings (SSSR count). The molecule has 0 atom stereocenters. The third kappa shape index (κ3) is 3.40. The summed E-state index contributed by atoms with van der Waals surface area (Å²) in [5.74, 6) is 1.68. The topological polar surface area (TPSA) is 18.5 Å². The van der Waals surface area contributed by atoms with Gasteiger partial charge in [-0.1, -0.05) is 57.8 Å². The first-order chi connectivity index (χ1) is 11.7. The summed E-state index contributed by atoms with van der Waals surface area (Å²) in [7, 11) is 0. The van der Waals surface area contributed by atoms with E-state index in [2.05, 4.69) is 82.1 Å². The molecule has 0 aromatic heterocycles. The summed E-state index contributed by atoms with van der Waals surface area (Å²) in [6.45, 7) is 5.57. The third-order valence-corrected chi connectivity index (χ3v) is 4.84. The van der Waals surface area contributed by atoms with Crippen molar-refractivity contribution in [3.05, 3.63) is 45.3 Å². The van der Waals surface area contributed by atoms with Gasteiger partial charge in [-0.2, -0.15) is 0 Å². The minimum Gasteiger partial charge on any atom is -0.489 e. The fourth-order valence-corrected chi connectivity index (χ4v) is 3.54. The maximum atomic E-state index is 6.14. The van der Waals surface area contributed by atoms with Crippen molar-refractivity contribution in [1.82, 2.24) is 0 Å². The van der Waals surface area contributed by atoms with E-state index in [1.807, 2.05) is 0 Å². The van der Waals surface area contributed by atoms with Crippen LogP contribution >= 0.6 is 31.9 Å². The molecule has 3 aromatic carbocycles. The van der Waals surface area contributed by atoms with Crippen molar-refractivity contribution in [2.24, 2.45) is 0 Å². The van der Waals surface area contributed by atoms with Crippen molar-refractivity contribution < 1.29 is 9.47 Å². The first kappa shape index (κ1) is 17.6. The van der Waals surface area contributed by atoms with Gasteiger partial charge in [0.25, 0.3) is 0 Å². The molecule has 0 radical (unpaired) electrons. The molecule has 0 saturated carbocycles. The van der Waals surface area contributed by atoms with Crippen LogP contribution in [0, 0.1) is 0 Å². The van der Waals surface area contributed by atoms with Crippen molar-refractivity contribution in [3.8, 4) is 11.5 Å². The van der Waals surface area contributed by atoms with Gasteiger partial charge in [-0.05, 0) is 47.9 Å². The Balaban J connectivity index is 2.38. The van der Waals surface area contributed by atoms with Crippen molar-refractivity contribution in [1.29, 1.82) is 0 Å². The monoisotopic (exact) mass is 450 g/mol. The van der Waals surface area contributed by atoms with Gasteiger partial charge in [-0.25, -0.2) is 0 Å². The summed E-state index contributed by atoms with van der Waals surface area (Å²) in [5.41, 5.74) is 0. The molecule has 0 heterocycles. The normalized spacial score (nSPS) is 11.2. The maximum Gasteiger partial charge on any atom is 0.169 e. The molecule has 0 spiro atoms. The Labute approximate surface area is 159 Å². The van der Waals surface area contributed by atoms with Crippen LogP contribution in [-0.4, -0.2) is 13.2 Å². The predicted octanol–water partition coefficient (Wildman–Crippen LogP) is 7.10. The fraction of sp³-hybridized carbons (Fsp3) is 0.300. The van der Waals surface area contributed by atoms with Crippen molar-refractivity contribution >= 4 is 53.4 Å². The van der Waals surface area contributed by atoms with Gasteiger partial charge in [0.15, 0.2) is 11.5 Å². The number of hydrogen-bond acceptors (Lipinski definition) is 2. The van der Waals surface area contributed by atoms with Crippen LogP contribution in [0.2, 0.25) is 0 Å². The lowest BCUT2D eigenvalue weighted by Gasteiger charge is -2.18. The van der Waals surface area contributed by atoms with Gasteiger partial charge in [-0.3, -0.25) is 0 Å². The van der Waals surface area contributed by atoms with Gasteiger partial charge >= 0.3 is 0 Å². The summed E-state index contributed by atoms with van der Waals surface area (Å²) >= 11 is 7.17. The van der Waals surface area contributed by atoms with E-state index in [-0.39, 0.29) is 0 Å². The molecule has 0 unspecified atom stereocenters. The Bertz CT molecular complexity index is 802. The zero-order chi connectivity index (χ0) is 17.1. The molecule has 0 fully saturated rings. The highest BCUT2D eigenvalue weighted by molar-refractivity contribution is 9.10. The van der Waals surface area contributed by atoms with Crippen LogP contribution in [0.3, 0.4) is 0 Å². The van der Waals surface area contributed by atoms with Crippen LogP contribution in [0.1, 0.15) is 26.7 Å². The maximum absolute atomic E-state index is 6.14. The Kier molecular flexibility index (Phi) is 5.67. The number of benzene rings is 3. The van der Waals surface area contributed by atoms with Crippen LogP contribution in [0.15, 0.2) is 45.3 Å². The molecule has 0 bridgehead atoms. The molecule has 0 aliphatic rings. The average Bonchev–Trinajstić information content (AvgIpc) is 2.58. The molecule has 0 saturated heterocycles. The zero-order valence-corrected chi connectivity index (χ0v) is 17.0.